The molecule has 3 heterocycles. The van der Waals surface area contributed by atoms with Crippen molar-refractivity contribution in [2.75, 3.05) is 10.6 Å². The van der Waals surface area contributed by atoms with Gasteiger partial charge in [-0.3, -0.25) is 38.7 Å². The summed E-state index contributed by atoms with van der Waals surface area (Å²) in [6.45, 7) is -0.231. The molecule has 4 aromatic rings. The second kappa shape index (κ2) is 9.95. The maximum atomic E-state index is 13.3. The summed E-state index contributed by atoms with van der Waals surface area (Å²) in [6.07, 6.45) is 1.16. The monoisotopic (exact) mass is 478 g/mol. The normalized spacial score (nSPS) is 10.9. The van der Waals surface area contributed by atoms with Gasteiger partial charge in [0, 0.05) is 18.6 Å². The second-order valence-corrected chi connectivity index (χ2v) is 7.67. The van der Waals surface area contributed by atoms with E-state index in [2.05, 4.69) is 10.1 Å². The van der Waals surface area contributed by atoms with Crippen LogP contribution in [0.3, 0.4) is 0 Å². The van der Waals surface area contributed by atoms with Crippen LogP contribution in [0.2, 0.25) is 0 Å². The van der Waals surface area contributed by atoms with Gasteiger partial charge in [0.05, 0.1) is 25.9 Å². The highest BCUT2D eigenvalue weighted by Gasteiger charge is 2.25. The van der Waals surface area contributed by atoms with Crippen LogP contribution in [-0.4, -0.2) is 25.2 Å². The van der Waals surface area contributed by atoms with Crippen molar-refractivity contribution in [1.82, 2.24) is 19.3 Å². The number of aryl methyl sites for hydroxylation is 1. The van der Waals surface area contributed by atoms with Gasteiger partial charge in [0.2, 0.25) is 5.91 Å². The van der Waals surface area contributed by atoms with Crippen LogP contribution in [-0.2, 0) is 24.4 Å². The third kappa shape index (κ3) is 5.21. The van der Waals surface area contributed by atoms with Gasteiger partial charge in [-0.2, -0.15) is 0 Å². The van der Waals surface area contributed by atoms with Crippen molar-refractivity contribution in [2.24, 2.45) is 0 Å². The fraction of sp³-hybridized carbons (Fsp3) is 0.174. The van der Waals surface area contributed by atoms with Crippen LogP contribution in [0.1, 0.15) is 17.7 Å². The number of nitrogen functional groups attached to an aromatic ring is 1. The van der Waals surface area contributed by atoms with E-state index < -0.39 is 28.3 Å². The Labute approximate surface area is 196 Å². The molecule has 0 bridgehead atoms. The number of furan rings is 1. The van der Waals surface area contributed by atoms with Crippen molar-refractivity contribution in [3.8, 4) is 0 Å². The first kappa shape index (κ1) is 23.3. The van der Waals surface area contributed by atoms with Gasteiger partial charge in [0.25, 0.3) is 16.7 Å². The average Bonchev–Trinajstić information content (AvgIpc) is 3.35. The SMILES string of the molecule is Nc1c(N(Cc2ccco2)C(=O)CCn2[nH]c(=O)ccc2=O)c(=O)[nH]c(=O)n1Cc1ccccc1. The lowest BCUT2D eigenvalue weighted by molar-refractivity contribution is -0.119. The van der Waals surface area contributed by atoms with E-state index in [1.807, 2.05) is 6.07 Å². The summed E-state index contributed by atoms with van der Waals surface area (Å²) in [5.74, 6) is -0.420. The van der Waals surface area contributed by atoms with E-state index in [0.29, 0.717) is 5.76 Å². The van der Waals surface area contributed by atoms with Crippen LogP contribution in [0.4, 0.5) is 11.5 Å². The molecule has 180 valence electrons. The minimum atomic E-state index is -0.845. The van der Waals surface area contributed by atoms with E-state index in [1.54, 1.807) is 36.4 Å². The van der Waals surface area contributed by atoms with Gasteiger partial charge in [0.1, 0.15) is 11.6 Å². The first-order valence-electron chi connectivity index (χ1n) is 10.6. The van der Waals surface area contributed by atoms with E-state index in [1.165, 1.54) is 6.26 Å². The zero-order chi connectivity index (χ0) is 24.9. The van der Waals surface area contributed by atoms with Crippen molar-refractivity contribution in [3.63, 3.8) is 0 Å². The Morgan fingerprint density at radius 2 is 1.77 bits per heavy atom. The summed E-state index contributed by atoms with van der Waals surface area (Å²) in [4.78, 5) is 65.5. The van der Waals surface area contributed by atoms with Crippen molar-refractivity contribution < 1.29 is 9.21 Å². The Bertz CT molecular complexity index is 1560. The molecule has 0 aliphatic carbocycles. The summed E-state index contributed by atoms with van der Waals surface area (Å²) in [5.41, 5.74) is 4.23. The number of carbonyl (C=O) groups excluding carboxylic acids is 1. The van der Waals surface area contributed by atoms with Crippen molar-refractivity contribution in [2.45, 2.75) is 26.1 Å². The molecule has 0 fully saturated rings. The van der Waals surface area contributed by atoms with Crippen molar-refractivity contribution in [3.05, 3.63) is 114 Å². The number of nitrogens with one attached hydrogen (secondary N) is 2. The van der Waals surface area contributed by atoms with Gasteiger partial charge in [-0.05, 0) is 17.7 Å². The number of hydrogen-bond acceptors (Lipinski definition) is 7. The zero-order valence-corrected chi connectivity index (χ0v) is 18.5. The van der Waals surface area contributed by atoms with E-state index in [4.69, 9.17) is 10.2 Å². The van der Waals surface area contributed by atoms with E-state index in [-0.39, 0.29) is 37.6 Å². The molecule has 12 heteroatoms. The predicted octanol–water partition coefficient (Wildman–Crippen LogP) is 0.234. The molecule has 0 aliphatic rings. The van der Waals surface area contributed by atoms with Gasteiger partial charge >= 0.3 is 5.69 Å². The molecule has 0 radical (unpaired) electrons. The van der Waals surface area contributed by atoms with Gasteiger partial charge < -0.3 is 10.2 Å². The number of carbonyl (C=O) groups is 1. The first-order chi connectivity index (χ1) is 16.8. The lowest BCUT2D eigenvalue weighted by Crippen LogP contribution is -2.41. The van der Waals surface area contributed by atoms with Crippen LogP contribution >= 0.6 is 0 Å². The second-order valence-electron chi connectivity index (χ2n) is 7.67. The van der Waals surface area contributed by atoms with Gasteiger partial charge in [-0.15, -0.1) is 0 Å². The third-order valence-electron chi connectivity index (χ3n) is 5.30. The van der Waals surface area contributed by atoms with Crippen LogP contribution in [0.15, 0.2) is 84.5 Å². The highest BCUT2D eigenvalue weighted by atomic mass is 16.3. The molecule has 1 aromatic carbocycles. The third-order valence-corrected chi connectivity index (χ3v) is 5.30. The van der Waals surface area contributed by atoms with Crippen LogP contribution < -0.4 is 33.0 Å². The number of nitrogens with two attached hydrogens (primary N) is 1. The van der Waals surface area contributed by atoms with Gasteiger partial charge in [-0.1, -0.05) is 30.3 Å². The maximum Gasteiger partial charge on any atom is 0.330 e. The fourth-order valence-electron chi connectivity index (χ4n) is 3.58. The molecule has 4 rings (SSSR count). The highest BCUT2D eigenvalue weighted by Crippen LogP contribution is 2.21. The first-order valence-corrected chi connectivity index (χ1v) is 10.6. The molecule has 1 amide bonds. The van der Waals surface area contributed by atoms with E-state index in [0.717, 1.165) is 31.8 Å². The molecular formula is C23H22N6O6. The highest BCUT2D eigenvalue weighted by molar-refractivity contribution is 5.95. The van der Waals surface area contributed by atoms with Crippen molar-refractivity contribution >= 4 is 17.4 Å². The van der Waals surface area contributed by atoms with Gasteiger partial charge in [0.15, 0.2) is 5.69 Å². The summed E-state index contributed by atoms with van der Waals surface area (Å²) < 4.78 is 7.50. The summed E-state index contributed by atoms with van der Waals surface area (Å²) in [7, 11) is 0. The molecular weight excluding hydrogens is 456 g/mol. The number of hydrogen-bond donors (Lipinski definition) is 3. The Kier molecular flexibility index (Phi) is 6.62. The molecule has 0 atom stereocenters. The lowest BCUT2D eigenvalue weighted by atomic mass is 10.2. The Morgan fingerprint density at radius 3 is 2.49 bits per heavy atom. The largest absolute Gasteiger partial charge is 0.467 e. The van der Waals surface area contributed by atoms with Crippen LogP contribution in [0.25, 0.3) is 0 Å². The van der Waals surface area contributed by atoms with E-state index in [9.17, 15) is 24.0 Å². The summed E-state index contributed by atoms with van der Waals surface area (Å²) in [5, 5.41) is 2.34. The maximum absolute atomic E-state index is 13.3. The summed E-state index contributed by atoms with van der Waals surface area (Å²) in [6, 6.07) is 14.4. The minimum absolute atomic E-state index is 0.0682. The topological polar surface area (TPSA) is 169 Å². The number of H-pyrrole nitrogens is 2. The molecule has 35 heavy (non-hydrogen) atoms. The van der Waals surface area contributed by atoms with E-state index >= 15 is 0 Å². The number of rotatable bonds is 8. The zero-order valence-electron chi connectivity index (χ0n) is 18.5. The van der Waals surface area contributed by atoms with Crippen LogP contribution in [0, 0.1) is 0 Å². The molecule has 12 nitrogen and oxygen atoms in total. The number of aromatic nitrogens is 4. The standard InChI is InChI=1S/C23H22N6O6/c24-21-20(22(33)25-23(34)28(21)13-15-5-2-1-3-6-15)27(14-16-7-4-12-35-16)18(31)10-11-29-19(32)9-8-17(30)26-29/h1-9,12H,10-11,13-14,24H2,(H,26,30)(H,25,33,34). The average molecular weight is 478 g/mol. The molecule has 0 spiro atoms. The number of benzene rings is 1. The predicted molar refractivity (Wildman–Crippen MR) is 127 cm³/mol. The molecule has 0 unspecified atom stereocenters. The fourth-order valence-corrected chi connectivity index (χ4v) is 3.58. The van der Waals surface area contributed by atoms with Gasteiger partial charge in [-0.25, -0.2) is 9.48 Å². The quantitative estimate of drug-likeness (QED) is 0.326. The smallest absolute Gasteiger partial charge is 0.330 e. The molecule has 4 N–H and O–H groups in total. The number of nitrogens with zero attached hydrogens (tertiary/aromatic N) is 3. The number of aromatic amines is 2. The number of amides is 1. The minimum Gasteiger partial charge on any atom is -0.467 e. The lowest BCUT2D eigenvalue weighted by Gasteiger charge is -2.24. The summed E-state index contributed by atoms with van der Waals surface area (Å²) >= 11 is 0. The Balaban J connectivity index is 1.72. The molecule has 0 saturated carbocycles. The Morgan fingerprint density at radius 1 is 1.00 bits per heavy atom. The number of anilines is 2. The molecule has 0 aliphatic heterocycles. The van der Waals surface area contributed by atoms with Crippen molar-refractivity contribution in [1.29, 1.82) is 0 Å². The molecule has 3 aromatic heterocycles. The Hall–Kier alpha value is -4.87. The molecule has 0 saturated heterocycles. The van der Waals surface area contributed by atoms with Crippen LogP contribution in [0.5, 0.6) is 0 Å².